The molecule has 0 spiro atoms. The lowest BCUT2D eigenvalue weighted by Crippen LogP contribution is -2.68. The first-order chi connectivity index (χ1) is 11.6. The van der Waals surface area contributed by atoms with Gasteiger partial charge in [-0.3, -0.25) is 9.59 Å². The molecule has 4 rings (SSSR count). The summed E-state index contributed by atoms with van der Waals surface area (Å²) in [5.41, 5.74) is -4.53. The fourth-order valence-electron chi connectivity index (χ4n) is 5.98. The van der Waals surface area contributed by atoms with Crippen LogP contribution in [0.5, 0.6) is 0 Å². The summed E-state index contributed by atoms with van der Waals surface area (Å²) in [5, 5.41) is 21.1. The quantitative estimate of drug-likeness (QED) is 0.698. The SMILES string of the molecule is C[C@]12C[C@H](O)[C@@]3(F)[C@@H](C[C@H](F)C4=CC(=O)C=C[C@@]43C)[C@@H]1CC(=O)[C@@H]2O. The first-order valence-electron chi connectivity index (χ1n) is 8.73. The molecule has 6 heteroatoms. The molecule has 3 fully saturated rings. The number of rotatable bonds is 0. The van der Waals surface area contributed by atoms with Crippen LogP contribution in [0.1, 0.15) is 33.1 Å². The smallest absolute Gasteiger partial charge is 0.178 e. The van der Waals surface area contributed by atoms with Crippen molar-refractivity contribution in [1.82, 2.24) is 0 Å². The summed E-state index contributed by atoms with van der Waals surface area (Å²) in [6, 6.07) is 0. The monoisotopic (exact) mass is 352 g/mol. The van der Waals surface area contributed by atoms with Gasteiger partial charge < -0.3 is 10.2 Å². The molecule has 25 heavy (non-hydrogen) atoms. The van der Waals surface area contributed by atoms with E-state index in [9.17, 15) is 24.2 Å². The lowest BCUT2D eigenvalue weighted by Gasteiger charge is -2.61. The number of ketones is 2. The van der Waals surface area contributed by atoms with Gasteiger partial charge in [0, 0.05) is 23.2 Å². The molecule has 0 aromatic carbocycles. The summed E-state index contributed by atoms with van der Waals surface area (Å²) in [4.78, 5) is 23.8. The zero-order valence-corrected chi connectivity index (χ0v) is 14.2. The summed E-state index contributed by atoms with van der Waals surface area (Å²) in [6.07, 6.45) is -0.799. The minimum atomic E-state index is -2.19. The third-order valence-electron chi connectivity index (χ3n) is 7.41. The fraction of sp³-hybridized carbons (Fsp3) is 0.684. The van der Waals surface area contributed by atoms with Crippen LogP contribution in [0, 0.1) is 22.7 Å². The molecule has 0 heterocycles. The summed E-state index contributed by atoms with van der Waals surface area (Å²) in [7, 11) is 0. The number of aliphatic hydroxyl groups excluding tert-OH is 2. The van der Waals surface area contributed by atoms with E-state index < -0.39 is 52.5 Å². The lowest BCUT2D eigenvalue weighted by molar-refractivity contribution is -0.206. The third kappa shape index (κ3) is 1.82. The standard InChI is InChI=1S/C19H22F2O4/c1-17-8-15(24)19(21)11(10(17)7-14(23)16(17)25)6-13(20)12-5-9(22)3-4-18(12,19)2/h3-5,10-11,13,15-16,24-25H,6-8H2,1-2H3/t10-,11-,13-,15-,16-,17-,18-,19-/m0/s1. The van der Waals surface area contributed by atoms with Crippen LogP contribution < -0.4 is 0 Å². The van der Waals surface area contributed by atoms with E-state index in [1.807, 2.05) is 0 Å². The Morgan fingerprint density at radius 2 is 1.88 bits per heavy atom. The van der Waals surface area contributed by atoms with E-state index in [1.165, 1.54) is 19.1 Å². The minimum Gasteiger partial charge on any atom is -0.390 e. The second-order valence-corrected chi connectivity index (χ2v) is 8.52. The van der Waals surface area contributed by atoms with Gasteiger partial charge in [0.05, 0.1) is 6.10 Å². The highest BCUT2D eigenvalue weighted by Gasteiger charge is 2.72. The Kier molecular flexibility index (Phi) is 3.31. The molecule has 0 radical (unpaired) electrons. The molecule has 0 saturated heterocycles. The van der Waals surface area contributed by atoms with Gasteiger partial charge in [-0.05, 0) is 43.4 Å². The van der Waals surface area contributed by atoms with Crippen LogP contribution in [-0.4, -0.2) is 45.8 Å². The van der Waals surface area contributed by atoms with Gasteiger partial charge in [0.1, 0.15) is 12.3 Å². The van der Waals surface area contributed by atoms with Crippen molar-refractivity contribution in [2.75, 3.05) is 0 Å². The molecule has 4 nitrogen and oxygen atoms in total. The van der Waals surface area contributed by atoms with Crippen LogP contribution in [0.4, 0.5) is 8.78 Å². The molecule has 0 amide bonds. The van der Waals surface area contributed by atoms with Crippen LogP contribution in [-0.2, 0) is 9.59 Å². The van der Waals surface area contributed by atoms with Crippen LogP contribution in [0.25, 0.3) is 0 Å². The Balaban J connectivity index is 1.88. The number of allylic oxidation sites excluding steroid dienone is 4. The molecule has 0 aromatic heterocycles. The molecule has 8 atom stereocenters. The largest absolute Gasteiger partial charge is 0.390 e. The Morgan fingerprint density at radius 1 is 1.20 bits per heavy atom. The van der Waals surface area contributed by atoms with Crippen molar-refractivity contribution >= 4 is 11.6 Å². The van der Waals surface area contributed by atoms with Crippen molar-refractivity contribution in [1.29, 1.82) is 0 Å². The van der Waals surface area contributed by atoms with E-state index in [-0.39, 0.29) is 30.6 Å². The zero-order valence-electron chi connectivity index (χ0n) is 14.2. The van der Waals surface area contributed by atoms with Crippen molar-refractivity contribution < 1.29 is 28.6 Å². The van der Waals surface area contributed by atoms with Crippen molar-refractivity contribution in [3.63, 3.8) is 0 Å². The fourth-order valence-corrected chi connectivity index (χ4v) is 5.98. The molecule has 2 N–H and O–H groups in total. The first kappa shape index (κ1) is 17.0. The molecule has 4 aliphatic rings. The summed E-state index contributed by atoms with van der Waals surface area (Å²) < 4.78 is 31.4. The third-order valence-corrected chi connectivity index (χ3v) is 7.41. The van der Waals surface area contributed by atoms with Gasteiger partial charge in [-0.25, -0.2) is 8.78 Å². The zero-order chi connectivity index (χ0) is 18.4. The van der Waals surface area contributed by atoms with Crippen LogP contribution in [0.2, 0.25) is 0 Å². The van der Waals surface area contributed by atoms with Crippen LogP contribution in [0.15, 0.2) is 23.8 Å². The number of carbonyl (C=O) groups is 2. The molecular weight excluding hydrogens is 330 g/mol. The highest BCUT2D eigenvalue weighted by Crippen LogP contribution is 2.67. The average Bonchev–Trinajstić information content (AvgIpc) is 2.76. The van der Waals surface area contributed by atoms with Gasteiger partial charge in [-0.1, -0.05) is 13.0 Å². The van der Waals surface area contributed by atoms with Gasteiger partial charge >= 0.3 is 0 Å². The Hall–Kier alpha value is -1.40. The highest BCUT2D eigenvalue weighted by molar-refractivity contribution is 6.01. The molecular formula is C19H22F2O4. The lowest BCUT2D eigenvalue weighted by atomic mass is 9.45. The van der Waals surface area contributed by atoms with Gasteiger partial charge in [0.2, 0.25) is 0 Å². The number of alkyl halides is 2. The van der Waals surface area contributed by atoms with Gasteiger partial charge in [-0.15, -0.1) is 0 Å². The van der Waals surface area contributed by atoms with E-state index in [0.717, 1.165) is 6.08 Å². The van der Waals surface area contributed by atoms with E-state index in [2.05, 4.69) is 0 Å². The maximum absolute atomic E-state index is 16.5. The number of aliphatic hydroxyl groups is 2. The Labute approximate surface area is 144 Å². The molecule has 136 valence electrons. The Morgan fingerprint density at radius 3 is 2.56 bits per heavy atom. The van der Waals surface area contributed by atoms with E-state index in [0.29, 0.717) is 0 Å². The number of halogens is 2. The topological polar surface area (TPSA) is 74.6 Å². The van der Waals surface area contributed by atoms with Crippen molar-refractivity contribution in [3.8, 4) is 0 Å². The number of Topliss-reactive ketones (excluding diaryl/α,β-unsaturated/α-hetero) is 1. The second-order valence-electron chi connectivity index (χ2n) is 8.52. The summed E-state index contributed by atoms with van der Waals surface area (Å²) >= 11 is 0. The van der Waals surface area contributed by atoms with Crippen molar-refractivity contribution in [3.05, 3.63) is 23.8 Å². The number of hydrogen-bond acceptors (Lipinski definition) is 4. The van der Waals surface area contributed by atoms with Gasteiger partial charge in [0.15, 0.2) is 17.2 Å². The van der Waals surface area contributed by atoms with Gasteiger partial charge in [0.25, 0.3) is 0 Å². The highest BCUT2D eigenvalue weighted by atomic mass is 19.1. The Bertz CT molecular complexity index is 731. The maximum atomic E-state index is 16.5. The molecule has 3 saturated carbocycles. The average molecular weight is 352 g/mol. The number of carbonyl (C=O) groups excluding carboxylic acids is 2. The van der Waals surface area contributed by atoms with Crippen LogP contribution in [0.3, 0.4) is 0 Å². The van der Waals surface area contributed by atoms with E-state index in [1.54, 1.807) is 6.92 Å². The van der Waals surface area contributed by atoms with Gasteiger partial charge in [-0.2, -0.15) is 0 Å². The van der Waals surface area contributed by atoms with Crippen molar-refractivity contribution in [2.24, 2.45) is 22.7 Å². The number of fused-ring (bicyclic) bond motifs is 5. The molecule has 0 bridgehead atoms. The minimum absolute atomic E-state index is 0.00871. The normalized spacial score (nSPS) is 54.6. The van der Waals surface area contributed by atoms with Crippen molar-refractivity contribution in [2.45, 2.75) is 57.2 Å². The van der Waals surface area contributed by atoms with E-state index >= 15 is 4.39 Å². The molecule has 4 aliphatic carbocycles. The van der Waals surface area contributed by atoms with E-state index in [4.69, 9.17) is 0 Å². The van der Waals surface area contributed by atoms with Crippen LogP contribution >= 0.6 is 0 Å². The predicted molar refractivity (Wildman–Crippen MR) is 85.0 cm³/mol. The predicted octanol–water partition coefficient (Wildman–Crippen LogP) is 1.85. The molecule has 0 unspecified atom stereocenters. The molecule has 0 aromatic rings. The summed E-state index contributed by atoms with van der Waals surface area (Å²) in [5.74, 6) is -2.21. The second kappa shape index (κ2) is 4.86. The first-order valence-corrected chi connectivity index (χ1v) is 8.73. The number of hydrogen-bond donors (Lipinski definition) is 2. The summed E-state index contributed by atoms with van der Waals surface area (Å²) in [6.45, 7) is 3.19. The molecule has 0 aliphatic heterocycles. The maximum Gasteiger partial charge on any atom is 0.178 e.